The highest BCUT2D eigenvalue weighted by Gasteiger charge is 2.23. The monoisotopic (exact) mass is 322 g/mol. The van der Waals surface area contributed by atoms with Gasteiger partial charge in [0.2, 0.25) is 0 Å². The van der Waals surface area contributed by atoms with Crippen molar-refractivity contribution in [2.24, 2.45) is 0 Å². The van der Waals surface area contributed by atoms with Crippen molar-refractivity contribution >= 4 is 0 Å². The molecular formula is C20H22N2O2. The topological polar surface area (TPSA) is 36.3 Å². The van der Waals surface area contributed by atoms with Crippen LogP contribution >= 0.6 is 0 Å². The molecule has 0 aliphatic heterocycles. The van der Waals surface area contributed by atoms with Crippen molar-refractivity contribution in [3.8, 4) is 11.5 Å². The number of aromatic nitrogens is 2. The fourth-order valence-corrected chi connectivity index (χ4v) is 2.90. The van der Waals surface area contributed by atoms with Gasteiger partial charge < -0.3 is 14.0 Å². The van der Waals surface area contributed by atoms with Crippen LogP contribution in [-0.4, -0.2) is 22.8 Å². The first-order chi connectivity index (χ1) is 11.8. The number of nitrogens with zero attached hydrogens (tertiary/aromatic N) is 2. The Labute approximate surface area is 142 Å². The van der Waals surface area contributed by atoms with Gasteiger partial charge in [-0.05, 0) is 26.0 Å². The molecule has 24 heavy (non-hydrogen) atoms. The summed E-state index contributed by atoms with van der Waals surface area (Å²) in [6.07, 6.45) is 5.59. The molecule has 0 saturated heterocycles. The lowest BCUT2D eigenvalue weighted by atomic mass is 9.96. The van der Waals surface area contributed by atoms with Gasteiger partial charge in [0, 0.05) is 23.5 Å². The molecule has 0 spiro atoms. The molecule has 1 aromatic heterocycles. The molecule has 0 bridgehead atoms. The first-order valence-corrected chi connectivity index (χ1v) is 8.26. The maximum atomic E-state index is 5.86. The van der Waals surface area contributed by atoms with Gasteiger partial charge in [-0.15, -0.1) is 0 Å². The summed E-state index contributed by atoms with van der Waals surface area (Å²) in [5.41, 5.74) is 2.18. The van der Waals surface area contributed by atoms with E-state index in [9.17, 15) is 0 Å². The minimum absolute atomic E-state index is 0.0574. The average Bonchev–Trinajstić information content (AvgIpc) is 3.13. The Balaban J connectivity index is 2.16. The number of ether oxygens (including phenoxy) is 2. The lowest BCUT2D eigenvalue weighted by molar-refractivity contribution is 0.327. The summed E-state index contributed by atoms with van der Waals surface area (Å²) < 4.78 is 13.8. The van der Waals surface area contributed by atoms with Crippen LogP contribution in [0.1, 0.15) is 31.0 Å². The molecule has 0 fully saturated rings. The van der Waals surface area contributed by atoms with Gasteiger partial charge in [-0.3, -0.25) is 0 Å². The van der Waals surface area contributed by atoms with Crippen LogP contribution in [-0.2, 0) is 0 Å². The van der Waals surface area contributed by atoms with E-state index in [1.807, 2.05) is 62.8 Å². The highest BCUT2D eigenvalue weighted by atomic mass is 16.5. The summed E-state index contributed by atoms with van der Waals surface area (Å²) in [6, 6.07) is 16.2. The highest BCUT2D eigenvalue weighted by molar-refractivity contribution is 5.47. The van der Waals surface area contributed by atoms with Crippen molar-refractivity contribution in [1.82, 2.24) is 9.55 Å². The van der Waals surface area contributed by atoms with Crippen LogP contribution < -0.4 is 9.47 Å². The first-order valence-electron chi connectivity index (χ1n) is 8.26. The second-order valence-corrected chi connectivity index (χ2v) is 5.35. The predicted octanol–water partition coefficient (Wildman–Crippen LogP) is 4.32. The van der Waals surface area contributed by atoms with Gasteiger partial charge in [0.05, 0.1) is 25.6 Å². The van der Waals surface area contributed by atoms with Crippen molar-refractivity contribution in [1.29, 1.82) is 0 Å². The Morgan fingerprint density at radius 1 is 0.875 bits per heavy atom. The van der Waals surface area contributed by atoms with Gasteiger partial charge in [0.15, 0.2) is 0 Å². The molecule has 0 unspecified atom stereocenters. The zero-order valence-corrected chi connectivity index (χ0v) is 14.1. The van der Waals surface area contributed by atoms with E-state index in [1.54, 1.807) is 6.20 Å². The molecule has 0 radical (unpaired) electrons. The van der Waals surface area contributed by atoms with Crippen molar-refractivity contribution in [3.05, 3.63) is 78.4 Å². The number of para-hydroxylation sites is 2. The highest BCUT2D eigenvalue weighted by Crippen LogP contribution is 2.37. The number of benzene rings is 2. The summed E-state index contributed by atoms with van der Waals surface area (Å²) in [4.78, 5) is 4.23. The number of rotatable bonds is 7. The first kappa shape index (κ1) is 16.1. The Morgan fingerprint density at radius 3 is 1.88 bits per heavy atom. The Morgan fingerprint density at radius 2 is 1.42 bits per heavy atom. The van der Waals surface area contributed by atoms with Crippen molar-refractivity contribution in [2.45, 2.75) is 19.9 Å². The number of hydrogen-bond donors (Lipinski definition) is 0. The molecule has 0 atom stereocenters. The Hall–Kier alpha value is -2.75. The summed E-state index contributed by atoms with van der Waals surface area (Å²) in [7, 11) is 0. The van der Waals surface area contributed by atoms with Gasteiger partial charge in [-0.25, -0.2) is 4.98 Å². The van der Waals surface area contributed by atoms with Crippen LogP contribution in [0, 0.1) is 0 Å². The van der Waals surface area contributed by atoms with Crippen LogP contribution in [0.3, 0.4) is 0 Å². The lowest BCUT2D eigenvalue weighted by Gasteiger charge is -2.24. The maximum Gasteiger partial charge on any atom is 0.124 e. The lowest BCUT2D eigenvalue weighted by Crippen LogP contribution is -2.14. The molecule has 0 amide bonds. The standard InChI is InChI=1S/C20H22N2O2/c1-3-23-18-11-7-5-9-16(18)20(22-14-13-21-15-22)17-10-6-8-12-19(17)24-4-2/h5-15,20H,3-4H2,1-2H3. The Bertz CT molecular complexity index is 719. The summed E-state index contributed by atoms with van der Waals surface area (Å²) >= 11 is 0. The van der Waals surface area contributed by atoms with E-state index in [0.717, 1.165) is 22.6 Å². The molecule has 0 saturated carbocycles. The molecule has 0 N–H and O–H groups in total. The quantitative estimate of drug-likeness (QED) is 0.650. The molecule has 124 valence electrons. The largest absolute Gasteiger partial charge is 0.494 e. The molecule has 0 aliphatic carbocycles. The second-order valence-electron chi connectivity index (χ2n) is 5.35. The minimum Gasteiger partial charge on any atom is -0.494 e. The van der Waals surface area contributed by atoms with E-state index < -0.39 is 0 Å². The fraction of sp³-hybridized carbons (Fsp3) is 0.250. The molecule has 4 heteroatoms. The summed E-state index contributed by atoms with van der Waals surface area (Å²) in [5.74, 6) is 1.76. The van der Waals surface area contributed by atoms with E-state index in [2.05, 4.69) is 21.7 Å². The van der Waals surface area contributed by atoms with Crippen molar-refractivity contribution < 1.29 is 9.47 Å². The van der Waals surface area contributed by atoms with Gasteiger partial charge in [0.1, 0.15) is 11.5 Å². The smallest absolute Gasteiger partial charge is 0.124 e. The molecule has 2 aromatic carbocycles. The third-order valence-electron chi connectivity index (χ3n) is 3.85. The third-order valence-corrected chi connectivity index (χ3v) is 3.85. The minimum atomic E-state index is -0.0574. The SMILES string of the molecule is CCOc1ccccc1C(c1ccccc1OCC)n1ccnc1. The molecule has 1 heterocycles. The van der Waals surface area contributed by atoms with E-state index in [0.29, 0.717) is 13.2 Å². The van der Waals surface area contributed by atoms with Gasteiger partial charge >= 0.3 is 0 Å². The van der Waals surface area contributed by atoms with Crippen LogP contribution in [0.4, 0.5) is 0 Å². The summed E-state index contributed by atoms with van der Waals surface area (Å²) in [6.45, 7) is 5.25. The van der Waals surface area contributed by atoms with Crippen molar-refractivity contribution in [2.75, 3.05) is 13.2 Å². The average molecular weight is 322 g/mol. The predicted molar refractivity (Wildman–Crippen MR) is 94.7 cm³/mol. The second kappa shape index (κ2) is 7.68. The zero-order chi connectivity index (χ0) is 16.8. The maximum absolute atomic E-state index is 5.86. The van der Waals surface area contributed by atoms with Crippen LogP contribution in [0.5, 0.6) is 11.5 Å². The molecular weight excluding hydrogens is 300 g/mol. The molecule has 3 rings (SSSR count). The van der Waals surface area contributed by atoms with Gasteiger partial charge in [0.25, 0.3) is 0 Å². The normalized spacial score (nSPS) is 10.8. The summed E-state index contributed by atoms with van der Waals surface area (Å²) in [5, 5.41) is 0. The number of hydrogen-bond acceptors (Lipinski definition) is 3. The van der Waals surface area contributed by atoms with Crippen LogP contribution in [0.15, 0.2) is 67.3 Å². The van der Waals surface area contributed by atoms with E-state index in [-0.39, 0.29) is 6.04 Å². The number of imidazole rings is 1. The fourth-order valence-electron chi connectivity index (χ4n) is 2.90. The third kappa shape index (κ3) is 3.27. The van der Waals surface area contributed by atoms with E-state index >= 15 is 0 Å². The van der Waals surface area contributed by atoms with Crippen LogP contribution in [0.2, 0.25) is 0 Å². The zero-order valence-electron chi connectivity index (χ0n) is 14.1. The van der Waals surface area contributed by atoms with Gasteiger partial charge in [-0.2, -0.15) is 0 Å². The molecule has 0 aliphatic rings. The van der Waals surface area contributed by atoms with E-state index in [4.69, 9.17) is 9.47 Å². The van der Waals surface area contributed by atoms with Crippen LogP contribution in [0.25, 0.3) is 0 Å². The Kier molecular flexibility index (Phi) is 5.16. The molecule has 4 nitrogen and oxygen atoms in total. The van der Waals surface area contributed by atoms with Gasteiger partial charge in [-0.1, -0.05) is 36.4 Å². The van der Waals surface area contributed by atoms with E-state index in [1.165, 1.54) is 0 Å². The van der Waals surface area contributed by atoms with Crippen molar-refractivity contribution in [3.63, 3.8) is 0 Å². The molecule has 3 aromatic rings.